The molecule has 1 atom stereocenters. The predicted molar refractivity (Wildman–Crippen MR) is 67.7 cm³/mol. The maximum Gasteiger partial charge on any atom is 0.258 e. The molecule has 0 aliphatic carbocycles. The van der Waals surface area contributed by atoms with Gasteiger partial charge in [0.15, 0.2) is 11.5 Å². The Kier molecular flexibility index (Phi) is 3.71. The van der Waals surface area contributed by atoms with Crippen LogP contribution in [0.1, 0.15) is 25.8 Å². The van der Waals surface area contributed by atoms with E-state index in [0.29, 0.717) is 11.4 Å². The molecule has 2 rings (SSSR count). The van der Waals surface area contributed by atoms with Crippen molar-refractivity contribution in [2.45, 2.75) is 20.0 Å². The van der Waals surface area contributed by atoms with Crippen molar-refractivity contribution in [1.82, 2.24) is 10.1 Å². The summed E-state index contributed by atoms with van der Waals surface area (Å²) in [4.78, 5) is 4.25. The fourth-order valence-electron chi connectivity index (χ4n) is 1.80. The molecule has 1 unspecified atom stereocenters. The van der Waals surface area contributed by atoms with Crippen LogP contribution < -0.4 is 0 Å². The van der Waals surface area contributed by atoms with Crippen molar-refractivity contribution in [2.75, 3.05) is 7.11 Å². The number of ether oxygens (including phenoxy) is 1. The molecule has 1 heterocycles. The molecule has 2 N–H and O–H groups in total. The molecular weight excluding hydrogens is 248 g/mol. The number of phenols is 2. The highest BCUT2D eigenvalue weighted by molar-refractivity contribution is 5.58. The molecule has 6 nitrogen and oxygen atoms in total. The molecule has 0 saturated heterocycles. The molecule has 0 amide bonds. The molecule has 19 heavy (non-hydrogen) atoms. The quantitative estimate of drug-likeness (QED) is 0.825. The second-order valence-electron chi connectivity index (χ2n) is 4.56. The predicted octanol–water partition coefficient (Wildman–Crippen LogP) is 2.49. The summed E-state index contributed by atoms with van der Waals surface area (Å²) in [7, 11) is 1.59. The van der Waals surface area contributed by atoms with Crippen molar-refractivity contribution in [3.8, 4) is 23.0 Å². The van der Waals surface area contributed by atoms with E-state index in [1.54, 1.807) is 13.2 Å². The van der Waals surface area contributed by atoms with E-state index in [1.165, 1.54) is 12.1 Å². The molecular formula is C13H16N2O4. The Morgan fingerprint density at radius 2 is 1.95 bits per heavy atom. The molecule has 0 spiro atoms. The highest BCUT2D eigenvalue weighted by atomic mass is 16.5. The van der Waals surface area contributed by atoms with Gasteiger partial charge < -0.3 is 19.5 Å². The molecule has 0 aliphatic heterocycles. The fraction of sp³-hybridized carbons (Fsp3) is 0.385. The summed E-state index contributed by atoms with van der Waals surface area (Å²) < 4.78 is 10.5. The van der Waals surface area contributed by atoms with Gasteiger partial charge in [0, 0.05) is 12.7 Å². The van der Waals surface area contributed by atoms with Gasteiger partial charge in [-0.2, -0.15) is 4.98 Å². The fourth-order valence-corrected chi connectivity index (χ4v) is 1.80. The maximum absolute atomic E-state index is 9.45. The largest absolute Gasteiger partial charge is 0.504 e. The van der Waals surface area contributed by atoms with Gasteiger partial charge in [-0.3, -0.25) is 0 Å². The molecule has 0 aliphatic rings. The van der Waals surface area contributed by atoms with Crippen LogP contribution in [0.3, 0.4) is 0 Å². The zero-order valence-corrected chi connectivity index (χ0v) is 11.0. The summed E-state index contributed by atoms with van der Waals surface area (Å²) in [5, 5.41) is 22.6. The second kappa shape index (κ2) is 5.27. The average Bonchev–Trinajstić information content (AvgIpc) is 2.82. The van der Waals surface area contributed by atoms with Gasteiger partial charge >= 0.3 is 0 Å². The summed E-state index contributed by atoms with van der Waals surface area (Å²) >= 11 is 0. The van der Waals surface area contributed by atoms with Crippen LogP contribution in [0, 0.1) is 5.92 Å². The van der Waals surface area contributed by atoms with Crippen molar-refractivity contribution in [3.63, 3.8) is 0 Å². The molecule has 102 valence electrons. The van der Waals surface area contributed by atoms with Crippen molar-refractivity contribution in [3.05, 3.63) is 24.0 Å². The number of nitrogens with zero attached hydrogens (tertiary/aromatic N) is 2. The Morgan fingerprint density at radius 1 is 1.21 bits per heavy atom. The van der Waals surface area contributed by atoms with Crippen molar-refractivity contribution in [2.24, 2.45) is 5.92 Å². The zero-order valence-electron chi connectivity index (χ0n) is 11.0. The Hall–Kier alpha value is -2.08. The Balaban J connectivity index is 2.32. The van der Waals surface area contributed by atoms with Crippen molar-refractivity contribution >= 4 is 0 Å². The third kappa shape index (κ3) is 2.68. The van der Waals surface area contributed by atoms with Crippen LogP contribution in [0.5, 0.6) is 11.5 Å². The van der Waals surface area contributed by atoms with Crippen LogP contribution in [0.15, 0.2) is 22.7 Å². The minimum absolute atomic E-state index is 0.194. The smallest absolute Gasteiger partial charge is 0.258 e. The molecule has 1 aromatic heterocycles. The first-order valence-corrected chi connectivity index (χ1v) is 5.91. The molecule has 0 saturated carbocycles. The SMILES string of the molecule is COC(c1noc(-c2ccc(O)c(O)c2)n1)C(C)C. The van der Waals surface area contributed by atoms with Gasteiger partial charge in [-0.15, -0.1) is 0 Å². The minimum atomic E-state index is -0.247. The number of hydrogen-bond acceptors (Lipinski definition) is 6. The van der Waals surface area contributed by atoms with E-state index < -0.39 is 0 Å². The summed E-state index contributed by atoms with van der Waals surface area (Å²) in [6.45, 7) is 3.99. The Labute approximate surface area is 110 Å². The maximum atomic E-state index is 9.45. The number of methoxy groups -OCH3 is 1. The molecule has 0 radical (unpaired) electrons. The van der Waals surface area contributed by atoms with Crippen LogP contribution in [-0.2, 0) is 4.74 Å². The Morgan fingerprint density at radius 3 is 2.53 bits per heavy atom. The van der Waals surface area contributed by atoms with Gasteiger partial charge in [0.05, 0.1) is 0 Å². The van der Waals surface area contributed by atoms with Gasteiger partial charge in [-0.25, -0.2) is 0 Å². The number of aromatic nitrogens is 2. The third-order valence-corrected chi connectivity index (χ3v) is 2.78. The van der Waals surface area contributed by atoms with Crippen LogP contribution in [-0.4, -0.2) is 27.5 Å². The van der Waals surface area contributed by atoms with Crippen LogP contribution >= 0.6 is 0 Å². The third-order valence-electron chi connectivity index (χ3n) is 2.78. The standard InChI is InChI=1S/C13H16N2O4/c1-7(2)11(18-3)12-14-13(19-15-12)8-4-5-9(16)10(17)6-8/h4-7,11,16-17H,1-3H3. The van der Waals surface area contributed by atoms with E-state index in [9.17, 15) is 10.2 Å². The highest BCUT2D eigenvalue weighted by Crippen LogP contribution is 2.31. The van der Waals surface area contributed by atoms with Gasteiger partial charge in [-0.1, -0.05) is 19.0 Å². The van der Waals surface area contributed by atoms with Crippen LogP contribution in [0.25, 0.3) is 11.5 Å². The molecule has 0 bridgehead atoms. The number of rotatable bonds is 4. The summed E-state index contributed by atoms with van der Waals surface area (Å²) in [5.74, 6) is 0.515. The summed E-state index contributed by atoms with van der Waals surface area (Å²) in [5.41, 5.74) is 0.535. The van der Waals surface area contributed by atoms with Gasteiger partial charge in [0.2, 0.25) is 5.82 Å². The van der Waals surface area contributed by atoms with E-state index in [1.807, 2.05) is 13.8 Å². The Bertz CT molecular complexity index is 566. The van der Waals surface area contributed by atoms with Gasteiger partial charge in [0.1, 0.15) is 6.10 Å². The van der Waals surface area contributed by atoms with E-state index in [4.69, 9.17) is 9.26 Å². The summed E-state index contributed by atoms with van der Waals surface area (Å²) in [6.07, 6.45) is -0.247. The van der Waals surface area contributed by atoms with Crippen molar-refractivity contribution in [1.29, 1.82) is 0 Å². The average molecular weight is 264 g/mol. The molecule has 1 aromatic carbocycles. The zero-order chi connectivity index (χ0) is 14.0. The molecule has 0 fully saturated rings. The minimum Gasteiger partial charge on any atom is -0.504 e. The lowest BCUT2D eigenvalue weighted by Gasteiger charge is -2.14. The first-order valence-electron chi connectivity index (χ1n) is 5.91. The van der Waals surface area contributed by atoms with Crippen LogP contribution in [0.4, 0.5) is 0 Å². The lowest BCUT2D eigenvalue weighted by Crippen LogP contribution is -2.10. The molecule has 6 heteroatoms. The van der Waals surface area contributed by atoms with E-state index in [0.717, 1.165) is 0 Å². The number of hydrogen-bond donors (Lipinski definition) is 2. The first-order chi connectivity index (χ1) is 9.02. The van der Waals surface area contributed by atoms with Gasteiger partial charge in [-0.05, 0) is 24.1 Å². The number of aromatic hydroxyl groups is 2. The topological polar surface area (TPSA) is 88.6 Å². The lowest BCUT2D eigenvalue weighted by molar-refractivity contribution is 0.0556. The van der Waals surface area contributed by atoms with E-state index >= 15 is 0 Å². The first kappa shape index (κ1) is 13.4. The lowest BCUT2D eigenvalue weighted by atomic mass is 10.1. The van der Waals surface area contributed by atoms with Crippen LogP contribution in [0.2, 0.25) is 0 Å². The van der Waals surface area contributed by atoms with Gasteiger partial charge in [0.25, 0.3) is 5.89 Å². The highest BCUT2D eigenvalue weighted by Gasteiger charge is 2.22. The normalized spacial score (nSPS) is 12.8. The number of benzene rings is 1. The second-order valence-corrected chi connectivity index (χ2v) is 4.56. The van der Waals surface area contributed by atoms with E-state index in [-0.39, 0.29) is 29.4 Å². The monoisotopic (exact) mass is 264 g/mol. The number of phenolic OH excluding ortho intramolecular Hbond substituents is 2. The van der Waals surface area contributed by atoms with E-state index in [2.05, 4.69) is 10.1 Å². The van der Waals surface area contributed by atoms with Crippen molar-refractivity contribution < 1.29 is 19.5 Å². The summed E-state index contributed by atoms with van der Waals surface area (Å²) in [6, 6.07) is 4.32. The molecule has 2 aromatic rings.